The average molecular weight is 270 g/mol. The maximum absolute atomic E-state index is 10.3. The molecule has 108 valence electrons. The van der Waals surface area contributed by atoms with Gasteiger partial charge >= 0.3 is 0 Å². The summed E-state index contributed by atoms with van der Waals surface area (Å²) < 4.78 is 20.7. The molecule has 0 aliphatic heterocycles. The molecule has 1 N–H and O–H groups in total. The second-order valence-electron chi connectivity index (χ2n) is 4.23. The van der Waals surface area contributed by atoms with Crippen LogP contribution in [0.5, 0.6) is 5.75 Å². The van der Waals surface area contributed by atoms with Crippen molar-refractivity contribution in [1.82, 2.24) is 0 Å². The molecule has 5 heteroatoms. The van der Waals surface area contributed by atoms with Crippen molar-refractivity contribution in [2.75, 3.05) is 28.4 Å². The number of aromatic hydroxyl groups is 1. The first kappa shape index (κ1) is 15.9. The maximum Gasteiger partial charge on any atom is 0.127 e. The molecule has 0 atom stereocenters. The van der Waals surface area contributed by atoms with E-state index in [9.17, 15) is 5.11 Å². The van der Waals surface area contributed by atoms with Crippen LogP contribution in [0.4, 0.5) is 0 Å². The standard InChI is InChI=1S/C14H22O5/c1-16-6-10-5-11(7-17-2)14(15)13(9-19-4)12(10)8-18-3/h5,15H,6-9H2,1-4H3. The van der Waals surface area contributed by atoms with E-state index in [0.717, 1.165) is 22.3 Å². The second-order valence-corrected chi connectivity index (χ2v) is 4.23. The molecule has 5 nitrogen and oxygen atoms in total. The van der Waals surface area contributed by atoms with Gasteiger partial charge in [-0.1, -0.05) is 0 Å². The van der Waals surface area contributed by atoms with Gasteiger partial charge in [-0.25, -0.2) is 0 Å². The van der Waals surface area contributed by atoms with Gasteiger partial charge in [0.1, 0.15) is 5.75 Å². The highest BCUT2D eigenvalue weighted by Gasteiger charge is 2.17. The van der Waals surface area contributed by atoms with E-state index in [1.54, 1.807) is 28.4 Å². The fourth-order valence-electron chi connectivity index (χ4n) is 2.07. The topological polar surface area (TPSA) is 57.2 Å². The third-order valence-corrected chi connectivity index (χ3v) is 2.87. The molecule has 0 heterocycles. The second kappa shape index (κ2) is 8.12. The summed E-state index contributed by atoms with van der Waals surface area (Å²) in [6.45, 7) is 1.51. The third kappa shape index (κ3) is 3.91. The van der Waals surface area contributed by atoms with Gasteiger partial charge in [0.05, 0.1) is 26.4 Å². The molecule has 0 aliphatic carbocycles. The van der Waals surface area contributed by atoms with Crippen LogP contribution < -0.4 is 0 Å². The van der Waals surface area contributed by atoms with Gasteiger partial charge in [0, 0.05) is 39.6 Å². The lowest BCUT2D eigenvalue weighted by Gasteiger charge is -2.18. The Morgan fingerprint density at radius 1 is 0.737 bits per heavy atom. The Morgan fingerprint density at radius 2 is 1.21 bits per heavy atom. The third-order valence-electron chi connectivity index (χ3n) is 2.87. The lowest BCUT2D eigenvalue weighted by atomic mass is 9.97. The zero-order valence-corrected chi connectivity index (χ0v) is 12.0. The first-order chi connectivity index (χ1) is 9.19. The Hall–Kier alpha value is -1.14. The van der Waals surface area contributed by atoms with Crippen molar-refractivity contribution >= 4 is 0 Å². The Morgan fingerprint density at radius 3 is 1.74 bits per heavy atom. The number of rotatable bonds is 8. The van der Waals surface area contributed by atoms with Crippen LogP contribution >= 0.6 is 0 Å². The van der Waals surface area contributed by atoms with Crippen LogP contribution in [0.1, 0.15) is 22.3 Å². The summed E-state index contributed by atoms with van der Waals surface area (Å²) in [5.41, 5.74) is 3.33. The number of phenols is 1. The number of hydrogen-bond donors (Lipinski definition) is 1. The van der Waals surface area contributed by atoms with Gasteiger partial charge in [-0.15, -0.1) is 0 Å². The normalized spacial score (nSPS) is 10.9. The maximum atomic E-state index is 10.3. The highest BCUT2D eigenvalue weighted by molar-refractivity contribution is 5.49. The van der Waals surface area contributed by atoms with Crippen molar-refractivity contribution in [1.29, 1.82) is 0 Å². The molecule has 1 aromatic rings. The van der Waals surface area contributed by atoms with E-state index < -0.39 is 0 Å². The van der Waals surface area contributed by atoms with Crippen molar-refractivity contribution in [3.8, 4) is 5.75 Å². The summed E-state index contributed by atoms with van der Waals surface area (Å²) in [6, 6.07) is 1.88. The van der Waals surface area contributed by atoms with Crippen molar-refractivity contribution < 1.29 is 24.1 Å². The quantitative estimate of drug-likeness (QED) is 0.782. The SMILES string of the molecule is COCc1cc(COC)c(COC)c(COC)c1O. The van der Waals surface area contributed by atoms with Crippen molar-refractivity contribution in [2.45, 2.75) is 26.4 Å². The minimum absolute atomic E-state index is 0.204. The minimum Gasteiger partial charge on any atom is -0.507 e. The molecule has 0 saturated carbocycles. The zero-order chi connectivity index (χ0) is 14.3. The van der Waals surface area contributed by atoms with Gasteiger partial charge in [-0.3, -0.25) is 0 Å². The fraction of sp³-hybridized carbons (Fsp3) is 0.571. The summed E-state index contributed by atoms with van der Waals surface area (Å²) in [7, 11) is 6.44. The van der Waals surface area contributed by atoms with Crippen LogP contribution in [0.2, 0.25) is 0 Å². The van der Waals surface area contributed by atoms with E-state index in [2.05, 4.69) is 0 Å². The van der Waals surface area contributed by atoms with Gasteiger partial charge in [0.2, 0.25) is 0 Å². The fourth-order valence-corrected chi connectivity index (χ4v) is 2.07. The van der Waals surface area contributed by atoms with E-state index in [4.69, 9.17) is 18.9 Å². The van der Waals surface area contributed by atoms with Gasteiger partial charge < -0.3 is 24.1 Å². The van der Waals surface area contributed by atoms with Crippen LogP contribution in [-0.2, 0) is 45.4 Å². The van der Waals surface area contributed by atoms with Crippen LogP contribution in [0.15, 0.2) is 6.07 Å². The predicted octanol–water partition coefficient (Wildman–Crippen LogP) is 1.98. The summed E-state index contributed by atoms with van der Waals surface area (Å²) in [5, 5.41) is 10.3. The Labute approximate surface area is 114 Å². The minimum atomic E-state index is 0.204. The molecule has 0 amide bonds. The molecule has 0 saturated heterocycles. The van der Waals surface area contributed by atoms with E-state index in [1.165, 1.54) is 0 Å². The van der Waals surface area contributed by atoms with E-state index in [0.29, 0.717) is 26.4 Å². The van der Waals surface area contributed by atoms with E-state index in [-0.39, 0.29) is 5.75 Å². The Kier molecular flexibility index (Phi) is 6.80. The monoisotopic (exact) mass is 270 g/mol. The Balaban J connectivity index is 3.33. The molecular weight excluding hydrogens is 248 g/mol. The van der Waals surface area contributed by atoms with Crippen LogP contribution in [-0.4, -0.2) is 33.5 Å². The number of methoxy groups -OCH3 is 4. The molecular formula is C14H22O5. The van der Waals surface area contributed by atoms with Gasteiger partial charge in [-0.05, 0) is 17.2 Å². The van der Waals surface area contributed by atoms with E-state index >= 15 is 0 Å². The molecule has 1 aromatic carbocycles. The van der Waals surface area contributed by atoms with Crippen LogP contribution in [0.3, 0.4) is 0 Å². The average Bonchev–Trinajstić information content (AvgIpc) is 2.39. The van der Waals surface area contributed by atoms with Crippen molar-refractivity contribution in [3.05, 3.63) is 28.3 Å². The number of ether oxygens (including phenoxy) is 4. The molecule has 0 fully saturated rings. The molecule has 1 rings (SSSR count). The molecule has 19 heavy (non-hydrogen) atoms. The van der Waals surface area contributed by atoms with Crippen LogP contribution in [0.25, 0.3) is 0 Å². The number of phenolic OH excluding ortho intramolecular Hbond substituents is 1. The molecule has 0 unspecified atom stereocenters. The molecule has 0 spiro atoms. The van der Waals surface area contributed by atoms with Gasteiger partial charge in [0.15, 0.2) is 0 Å². The molecule has 0 aliphatic rings. The van der Waals surface area contributed by atoms with Gasteiger partial charge in [0.25, 0.3) is 0 Å². The van der Waals surface area contributed by atoms with E-state index in [1.807, 2.05) is 6.07 Å². The first-order valence-electron chi connectivity index (χ1n) is 6.00. The summed E-state index contributed by atoms with van der Waals surface area (Å²) in [5.74, 6) is 0.204. The lowest BCUT2D eigenvalue weighted by Crippen LogP contribution is -2.07. The number of hydrogen-bond acceptors (Lipinski definition) is 5. The zero-order valence-electron chi connectivity index (χ0n) is 12.0. The largest absolute Gasteiger partial charge is 0.507 e. The first-order valence-corrected chi connectivity index (χ1v) is 6.00. The molecule has 0 aromatic heterocycles. The van der Waals surface area contributed by atoms with Crippen molar-refractivity contribution in [3.63, 3.8) is 0 Å². The highest BCUT2D eigenvalue weighted by Crippen LogP contribution is 2.31. The summed E-state index contributed by atoms with van der Waals surface area (Å²) >= 11 is 0. The van der Waals surface area contributed by atoms with Gasteiger partial charge in [-0.2, -0.15) is 0 Å². The summed E-state index contributed by atoms with van der Waals surface area (Å²) in [6.07, 6.45) is 0. The molecule has 0 radical (unpaired) electrons. The van der Waals surface area contributed by atoms with Crippen LogP contribution in [0, 0.1) is 0 Å². The number of benzene rings is 1. The highest BCUT2D eigenvalue weighted by atomic mass is 16.5. The predicted molar refractivity (Wildman–Crippen MR) is 71.0 cm³/mol. The van der Waals surface area contributed by atoms with Crippen molar-refractivity contribution in [2.24, 2.45) is 0 Å². The summed E-state index contributed by atoms with van der Waals surface area (Å²) in [4.78, 5) is 0. The lowest BCUT2D eigenvalue weighted by molar-refractivity contribution is 0.154. The Bertz CT molecular complexity index is 403. The molecule has 0 bridgehead atoms. The smallest absolute Gasteiger partial charge is 0.127 e.